The molecule has 0 radical (unpaired) electrons. The summed E-state index contributed by atoms with van der Waals surface area (Å²) in [5.41, 5.74) is 0.720. The first-order chi connectivity index (χ1) is 10.7. The van der Waals surface area contributed by atoms with E-state index in [1.807, 2.05) is 38.1 Å². The van der Waals surface area contributed by atoms with Crippen LogP contribution in [0.15, 0.2) is 28.7 Å². The number of hydrogen-bond donors (Lipinski definition) is 1. The van der Waals surface area contributed by atoms with Crippen molar-refractivity contribution in [3.05, 3.63) is 30.0 Å². The Kier molecular flexibility index (Phi) is 4.34. The van der Waals surface area contributed by atoms with Gasteiger partial charge in [0.05, 0.1) is 12.6 Å². The van der Waals surface area contributed by atoms with Crippen LogP contribution in [0.3, 0.4) is 0 Å². The largest absolute Gasteiger partial charge is 0.490 e. The molecule has 5 nitrogen and oxygen atoms in total. The molecule has 0 saturated carbocycles. The number of para-hydroxylation sites is 1. The molecular weight excluding hydrogens is 282 g/mol. The van der Waals surface area contributed by atoms with Crippen LogP contribution in [0.2, 0.25) is 0 Å². The Balaban J connectivity index is 1.77. The van der Waals surface area contributed by atoms with Crippen LogP contribution in [-0.2, 0) is 9.53 Å². The molecule has 1 aromatic heterocycles. The summed E-state index contributed by atoms with van der Waals surface area (Å²) in [6.07, 6.45) is 1.40. The lowest BCUT2D eigenvalue weighted by molar-refractivity contribution is -0.130. The first-order valence-corrected chi connectivity index (χ1v) is 7.76. The SMILES string of the molecule is CCOc1cccc2cc(C(C)NC(=O)C3CCCO3)oc12. The molecule has 2 heterocycles. The van der Waals surface area contributed by atoms with Crippen molar-refractivity contribution in [2.24, 2.45) is 0 Å². The smallest absolute Gasteiger partial charge is 0.249 e. The fraction of sp³-hybridized carbons (Fsp3) is 0.471. The van der Waals surface area contributed by atoms with Gasteiger partial charge in [-0.25, -0.2) is 0 Å². The average molecular weight is 303 g/mol. The van der Waals surface area contributed by atoms with E-state index in [-0.39, 0.29) is 18.1 Å². The summed E-state index contributed by atoms with van der Waals surface area (Å²) in [7, 11) is 0. The van der Waals surface area contributed by atoms with Crippen molar-refractivity contribution < 1.29 is 18.7 Å². The zero-order chi connectivity index (χ0) is 15.5. The monoisotopic (exact) mass is 303 g/mol. The van der Waals surface area contributed by atoms with E-state index in [2.05, 4.69) is 5.32 Å². The molecule has 5 heteroatoms. The minimum atomic E-state index is -0.328. The zero-order valence-corrected chi connectivity index (χ0v) is 12.9. The van der Waals surface area contributed by atoms with Gasteiger partial charge in [0.2, 0.25) is 5.91 Å². The summed E-state index contributed by atoms with van der Waals surface area (Å²) in [6.45, 7) is 5.09. The Hall–Kier alpha value is -2.01. The number of ether oxygens (including phenoxy) is 2. The predicted octanol–water partition coefficient (Wildman–Crippen LogP) is 3.19. The highest BCUT2D eigenvalue weighted by Crippen LogP contribution is 2.31. The molecule has 0 spiro atoms. The van der Waals surface area contributed by atoms with Gasteiger partial charge in [-0.2, -0.15) is 0 Å². The highest BCUT2D eigenvalue weighted by Gasteiger charge is 2.25. The third-order valence-electron chi connectivity index (χ3n) is 3.83. The molecular formula is C17H21NO4. The van der Waals surface area contributed by atoms with Gasteiger partial charge >= 0.3 is 0 Å². The number of furan rings is 1. The zero-order valence-electron chi connectivity index (χ0n) is 12.9. The Labute approximate surface area is 129 Å². The topological polar surface area (TPSA) is 60.7 Å². The lowest BCUT2D eigenvalue weighted by Crippen LogP contribution is -2.35. The van der Waals surface area contributed by atoms with Gasteiger partial charge in [0.1, 0.15) is 11.9 Å². The number of hydrogen-bond acceptors (Lipinski definition) is 4. The highest BCUT2D eigenvalue weighted by molar-refractivity contribution is 5.84. The van der Waals surface area contributed by atoms with Crippen LogP contribution in [0, 0.1) is 0 Å². The van der Waals surface area contributed by atoms with E-state index in [9.17, 15) is 4.79 Å². The summed E-state index contributed by atoms with van der Waals surface area (Å²) >= 11 is 0. The van der Waals surface area contributed by atoms with Crippen LogP contribution < -0.4 is 10.1 Å². The van der Waals surface area contributed by atoms with Crippen LogP contribution in [0.1, 0.15) is 38.5 Å². The van der Waals surface area contributed by atoms with E-state index in [0.29, 0.717) is 19.0 Å². The first-order valence-electron chi connectivity index (χ1n) is 7.76. The van der Waals surface area contributed by atoms with Gasteiger partial charge in [0, 0.05) is 12.0 Å². The van der Waals surface area contributed by atoms with Crippen molar-refractivity contribution in [1.82, 2.24) is 5.32 Å². The predicted molar refractivity (Wildman–Crippen MR) is 82.9 cm³/mol. The molecule has 0 aliphatic carbocycles. The Morgan fingerprint density at radius 3 is 3.09 bits per heavy atom. The molecule has 1 saturated heterocycles. The number of fused-ring (bicyclic) bond motifs is 1. The number of benzene rings is 1. The fourth-order valence-electron chi connectivity index (χ4n) is 2.70. The molecule has 3 rings (SSSR count). The van der Waals surface area contributed by atoms with Gasteiger partial charge < -0.3 is 19.2 Å². The molecule has 2 aromatic rings. The maximum atomic E-state index is 12.1. The molecule has 1 aliphatic rings. The van der Waals surface area contributed by atoms with Crippen LogP contribution in [0.25, 0.3) is 11.0 Å². The molecule has 1 amide bonds. The van der Waals surface area contributed by atoms with E-state index < -0.39 is 0 Å². The summed E-state index contributed by atoms with van der Waals surface area (Å²) < 4.78 is 16.9. The summed E-state index contributed by atoms with van der Waals surface area (Å²) in [5, 5.41) is 3.92. The maximum Gasteiger partial charge on any atom is 0.249 e. The minimum absolute atomic E-state index is 0.0736. The molecule has 2 unspecified atom stereocenters. The van der Waals surface area contributed by atoms with Crippen molar-refractivity contribution >= 4 is 16.9 Å². The van der Waals surface area contributed by atoms with Crippen molar-refractivity contribution in [2.45, 2.75) is 38.8 Å². The Morgan fingerprint density at radius 2 is 2.36 bits per heavy atom. The van der Waals surface area contributed by atoms with Crippen molar-refractivity contribution in [2.75, 3.05) is 13.2 Å². The van der Waals surface area contributed by atoms with Crippen molar-refractivity contribution in [1.29, 1.82) is 0 Å². The first kappa shape index (κ1) is 14.9. The van der Waals surface area contributed by atoms with Crippen LogP contribution in [-0.4, -0.2) is 25.2 Å². The number of carbonyl (C=O) groups excluding carboxylic acids is 1. The standard InChI is InChI=1S/C17H21NO4/c1-3-20-13-7-4-6-12-10-15(22-16(12)13)11(2)18-17(19)14-8-5-9-21-14/h4,6-7,10-11,14H,3,5,8-9H2,1-2H3,(H,18,19). The van der Waals surface area contributed by atoms with Gasteiger partial charge in [0.25, 0.3) is 0 Å². The molecule has 1 N–H and O–H groups in total. The molecule has 0 bridgehead atoms. The van der Waals surface area contributed by atoms with E-state index >= 15 is 0 Å². The highest BCUT2D eigenvalue weighted by atomic mass is 16.5. The van der Waals surface area contributed by atoms with Crippen LogP contribution >= 0.6 is 0 Å². The second kappa shape index (κ2) is 6.40. The lowest BCUT2D eigenvalue weighted by Gasteiger charge is -2.14. The van der Waals surface area contributed by atoms with Gasteiger partial charge in [0.15, 0.2) is 11.3 Å². The molecule has 22 heavy (non-hydrogen) atoms. The number of nitrogens with one attached hydrogen (secondary N) is 1. The summed E-state index contributed by atoms with van der Waals surface area (Å²) in [4.78, 5) is 12.1. The molecule has 2 atom stereocenters. The average Bonchev–Trinajstić information content (AvgIpc) is 3.17. The van der Waals surface area contributed by atoms with Gasteiger partial charge in [-0.3, -0.25) is 4.79 Å². The second-order valence-corrected chi connectivity index (χ2v) is 5.49. The molecule has 1 aliphatic heterocycles. The van der Waals surface area contributed by atoms with Gasteiger partial charge in [-0.15, -0.1) is 0 Å². The Morgan fingerprint density at radius 1 is 1.50 bits per heavy atom. The van der Waals surface area contributed by atoms with Crippen LogP contribution in [0.5, 0.6) is 5.75 Å². The van der Waals surface area contributed by atoms with E-state index in [1.165, 1.54) is 0 Å². The van der Waals surface area contributed by atoms with Crippen LogP contribution in [0.4, 0.5) is 0 Å². The number of amides is 1. The second-order valence-electron chi connectivity index (χ2n) is 5.49. The lowest BCUT2D eigenvalue weighted by atomic mass is 10.2. The molecule has 1 aromatic carbocycles. The van der Waals surface area contributed by atoms with E-state index in [0.717, 1.165) is 29.6 Å². The number of carbonyl (C=O) groups is 1. The number of rotatable bonds is 5. The molecule has 1 fully saturated rings. The minimum Gasteiger partial charge on any atom is -0.490 e. The van der Waals surface area contributed by atoms with Gasteiger partial charge in [-0.05, 0) is 38.8 Å². The normalized spacial score (nSPS) is 19.3. The third kappa shape index (κ3) is 2.95. The van der Waals surface area contributed by atoms with Crippen molar-refractivity contribution in [3.63, 3.8) is 0 Å². The quantitative estimate of drug-likeness (QED) is 0.921. The Bertz CT molecular complexity index is 658. The third-order valence-corrected chi connectivity index (χ3v) is 3.83. The van der Waals surface area contributed by atoms with Gasteiger partial charge in [-0.1, -0.05) is 12.1 Å². The fourth-order valence-corrected chi connectivity index (χ4v) is 2.70. The van der Waals surface area contributed by atoms with Crippen molar-refractivity contribution in [3.8, 4) is 5.75 Å². The van der Waals surface area contributed by atoms with E-state index in [1.54, 1.807) is 0 Å². The summed E-state index contributed by atoms with van der Waals surface area (Å²) in [5.74, 6) is 1.37. The van der Waals surface area contributed by atoms with E-state index in [4.69, 9.17) is 13.9 Å². The summed E-state index contributed by atoms with van der Waals surface area (Å²) in [6, 6.07) is 7.52. The maximum absolute atomic E-state index is 12.1. The molecule has 118 valence electrons.